The SMILES string of the molecule is CCNc1ccc(Cl)c(C(=O)Nc2nc(C3CC3)cs2)n1. The van der Waals surface area contributed by atoms with Crippen molar-refractivity contribution in [3.05, 3.63) is 33.9 Å². The molecular weight excluding hydrogens is 308 g/mol. The van der Waals surface area contributed by atoms with Crippen LogP contribution in [-0.4, -0.2) is 22.4 Å². The number of nitrogens with zero attached hydrogens (tertiary/aromatic N) is 2. The van der Waals surface area contributed by atoms with Crippen LogP contribution in [0.4, 0.5) is 10.9 Å². The topological polar surface area (TPSA) is 66.9 Å². The van der Waals surface area contributed by atoms with E-state index in [1.807, 2.05) is 12.3 Å². The number of hydrogen-bond donors (Lipinski definition) is 2. The molecule has 0 aliphatic heterocycles. The number of anilines is 2. The van der Waals surface area contributed by atoms with Crippen molar-refractivity contribution in [2.75, 3.05) is 17.2 Å². The summed E-state index contributed by atoms with van der Waals surface area (Å²) in [6.45, 7) is 2.69. The molecule has 2 aromatic rings. The van der Waals surface area contributed by atoms with E-state index >= 15 is 0 Å². The van der Waals surface area contributed by atoms with Gasteiger partial charge in [0.1, 0.15) is 11.5 Å². The third-order valence-corrected chi connectivity index (χ3v) is 4.24. The van der Waals surface area contributed by atoms with Gasteiger partial charge < -0.3 is 5.32 Å². The molecule has 1 aliphatic rings. The molecule has 0 radical (unpaired) electrons. The first-order valence-electron chi connectivity index (χ1n) is 6.84. The quantitative estimate of drug-likeness (QED) is 0.879. The van der Waals surface area contributed by atoms with Gasteiger partial charge >= 0.3 is 0 Å². The summed E-state index contributed by atoms with van der Waals surface area (Å²) in [4.78, 5) is 20.9. The Morgan fingerprint density at radius 3 is 2.95 bits per heavy atom. The van der Waals surface area contributed by atoms with E-state index in [1.54, 1.807) is 12.1 Å². The zero-order chi connectivity index (χ0) is 14.8. The van der Waals surface area contributed by atoms with Crippen molar-refractivity contribution in [1.29, 1.82) is 0 Å². The van der Waals surface area contributed by atoms with Gasteiger partial charge in [-0.3, -0.25) is 10.1 Å². The molecule has 0 atom stereocenters. The van der Waals surface area contributed by atoms with Crippen LogP contribution >= 0.6 is 22.9 Å². The summed E-state index contributed by atoms with van der Waals surface area (Å²) in [5, 5.41) is 8.74. The second kappa shape index (κ2) is 5.99. The molecule has 2 aromatic heterocycles. The predicted octanol–water partition coefficient (Wildman–Crippen LogP) is 3.75. The first-order valence-corrected chi connectivity index (χ1v) is 8.10. The van der Waals surface area contributed by atoms with Crippen molar-refractivity contribution < 1.29 is 4.79 Å². The third-order valence-electron chi connectivity index (χ3n) is 3.16. The largest absolute Gasteiger partial charge is 0.370 e. The van der Waals surface area contributed by atoms with Crippen molar-refractivity contribution in [3.63, 3.8) is 0 Å². The van der Waals surface area contributed by atoms with E-state index in [-0.39, 0.29) is 11.6 Å². The first kappa shape index (κ1) is 14.3. The van der Waals surface area contributed by atoms with Crippen LogP contribution < -0.4 is 10.6 Å². The highest BCUT2D eigenvalue weighted by atomic mass is 35.5. The van der Waals surface area contributed by atoms with Gasteiger partial charge in [0.05, 0.1) is 10.7 Å². The number of nitrogens with one attached hydrogen (secondary N) is 2. The summed E-state index contributed by atoms with van der Waals surface area (Å²) in [5.74, 6) is 0.868. The molecule has 0 saturated heterocycles. The summed E-state index contributed by atoms with van der Waals surface area (Å²) >= 11 is 7.49. The summed E-state index contributed by atoms with van der Waals surface area (Å²) in [5.41, 5.74) is 1.27. The van der Waals surface area contributed by atoms with Gasteiger partial charge in [0.2, 0.25) is 0 Å². The lowest BCUT2D eigenvalue weighted by atomic mass is 10.3. The maximum absolute atomic E-state index is 12.3. The van der Waals surface area contributed by atoms with Crippen LogP contribution in [0.15, 0.2) is 17.5 Å². The second-order valence-corrected chi connectivity index (χ2v) is 6.13. The van der Waals surface area contributed by atoms with Gasteiger partial charge in [-0.2, -0.15) is 0 Å². The van der Waals surface area contributed by atoms with Crippen LogP contribution in [0.25, 0.3) is 0 Å². The highest BCUT2D eigenvalue weighted by Crippen LogP contribution is 2.40. The lowest BCUT2D eigenvalue weighted by Crippen LogP contribution is -2.15. The van der Waals surface area contributed by atoms with E-state index in [2.05, 4.69) is 20.6 Å². The van der Waals surface area contributed by atoms with Crippen LogP contribution in [0.5, 0.6) is 0 Å². The minimum absolute atomic E-state index is 0.207. The fourth-order valence-electron chi connectivity index (χ4n) is 1.95. The Kier molecular flexibility index (Phi) is 4.07. The molecule has 1 fully saturated rings. The van der Waals surface area contributed by atoms with E-state index in [0.29, 0.717) is 21.9 Å². The van der Waals surface area contributed by atoms with Crippen LogP contribution in [-0.2, 0) is 0 Å². The smallest absolute Gasteiger partial charge is 0.277 e. The number of rotatable bonds is 5. The van der Waals surface area contributed by atoms with Crippen molar-refractivity contribution in [2.45, 2.75) is 25.7 Å². The molecule has 1 amide bonds. The van der Waals surface area contributed by atoms with Gasteiger partial charge in [-0.25, -0.2) is 9.97 Å². The minimum Gasteiger partial charge on any atom is -0.370 e. The number of pyridine rings is 1. The molecule has 5 nitrogen and oxygen atoms in total. The Balaban J connectivity index is 1.75. The van der Waals surface area contributed by atoms with Gasteiger partial charge in [-0.05, 0) is 31.9 Å². The number of amides is 1. The standard InChI is InChI=1S/C14H15ClN4OS/c1-2-16-11-6-5-9(15)12(18-11)13(20)19-14-17-10(7-21-14)8-3-4-8/h5-8H,2-4H2,1H3,(H,16,18)(H,17,19,20). The van der Waals surface area contributed by atoms with Crippen LogP contribution in [0.1, 0.15) is 41.9 Å². The number of aromatic nitrogens is 2. The molecule has 3 rings (SSSR count). The molecule has 0 bridgehead atoms. The molecule has 1 saturated carbocycles. The Morgan fingerprint density at radius 2 is 2.24 bits per heavy atom. The number of carbonyl (C=O) groups excluding carboxylic acids is 1. The molecule has 21 heavy (non-hydrogen) atoms. The number of carbonyl (C=O) groups is 1. The Morgan fingerprint density at radius 1 is 1.43 bits per heavy atom. The Hall–Kier alpha value is -1.66. The minimum atomic E-state index is -0.337. The second-order valence-electron chi connectivity index (χ2n) is 4.86. The lowest BCUT2D eigenvalue weighted by molar-refractivity contribution is 0.102. The number of halogens is 1. The molecule has 2 heterocycles. The van der Waals surface area contributed by atoms with Crippen molar-refractivity contribution in [2.24, 2.45) is 0 Å². The average molecular weight is 323 g/mol. The molecule has 2 N–H and O–H groups in total. The van der Waals surface area contributed by atoms with Crippen molar-refractivity contribution >= 4 is 39.8 Å². The zero-order valence-electron chi connectivity index (χ0n) is 11.5. The highest BCUT2D eigenvalue weighted by Gasteiger charge is 2.26. The number of thiazole rings is 1. The molecule has 7 heteroatoms. The van der Waals surface area contributed by atoms with E-state index < -0.39 is 0 Å². The van der Waals surface area contributed by atoms with Gasteiger partial charge in [-0.15, -0.1) is 11.3 Å². The maximum Gasteiger partial charge on any atom is 0.277 e. The van der Waals surface area contributed by atoms with Crippen LogP contribution in [0, 0.1) is 0 Å². The van der Waals surface area contributed by atoms with E-state index in [0.717, 1.165) is 12.2 Å². The summed E-state index contributed by atoms with van der Waals surface area (Å²) in [6.07, 6.45) is 2.38. The molecule has 0 unspecified atom stereocenters. The summed E-state index contributed by atoms with van der Waals surface area (Å²) in [7, 11) is 0. The fraction of sp³-hybridized carbons (Fsp3) is 0.357. The van der Waals surface area contributed by atoms with Crippen molar-refractivity contribution in [1.82, 2.24) is 9.97 Å². The average Bonchev–Trinajstić information content (AvgIpc) is 3.22. The zero-order valence-corrected chi connectivity index (χ0v) is 13.1. The van der Waals surface area contributed by atoms with Gasteiger partial charge in [0.15, 0.2) is 5.13 Å². The third kappa shape index (κ3) is 3.33. The van der Waals surface area contributed by atoms with Gasteiger partial charge in [-0.1, -0.05) is 11.6 Å². The van der Waals surface area contributed by atoms with Gasteiger partial charge in [0.25, 0.3) is 5.91 Å². The molecule has 110 valence electrons. The number of hydrogen-bond acceptors (Lipinski definition) is 5. The summed E-state index contributed by atoms with van der Waals surface area (Å²) < 4.78 is 0. The molecule has 0 spiro atoms. The highest BCUT2D eigenvalue weighted by molar-refractivity contribution is 7.14. The molecular formula is C14H15ClN4OS. The monoisotopic (exact) mass is 322 g/mol. The molecule has 1 aliphatic carbocycles. The van der Waals surface area contributed by atoms with Crippen molar-refractivity contribution in [3.8, 4) is 0 Å². The van der Waals surface area contributed by atoms with Crippen LogP contribution in [0.2, 0.25) is 5.02 Å². The normalized spacial score (nSPS) is 14.0. The van der Waals surface area contributed by atoms with E-state index in [1.165, 1.54) is 24.2 Å². The Labute approximate surface area is 131 Å². The maximum atomic E-state index is 12.3. The van der Waals surface area contributed by atoms with E-state index in [9.17, 15) is 4.79 Å². The predicted molar refractivity (Wildman–Crippen MR) is 85.5 cm³/mol. The fourth-order valence-corrected chi connectivity index (χ4v) is 2.93. The van der Waals surface area contributed by atoms with E-state index in [4.69, 9.17) is 11.6 Å². The summed E-state index contributed by atoms with van der Waals surface area (Å²) in [6, 6.07) is 3.41. The Bertz CT molecular complexity index is 669. The first-order chi connectivity index (χ1) is 10.2. The lowest BCUT2D eigenvalue weighted by Gasteiger charge is -2.07. The van der Waals surface area contributed by atoms with Gasteiger partial charge in [0, 0.05) is 17.8 Å². The molecule has 0 aromatic carbocycles. The van der Waals surface area contributed by atoms with Crippen LogP contribution in [0.3, 0.4) is 0 Å².